The molecule has 0 aromatic heterocycles. The summed E-state index contributed by atoms with van der Waals surface area (Å²) in [5.74, 6) is 0.497. The highest BCUT2D eigenvalue weighted by Crippen LogP contribution is 2.29. The summed E-state index contributed by atoms with van der Waals surface area (Å²) in [5.41, 5.74) is 0. The number of nitrogens with one attached hydrogen (secondary N) is 2. The summed E-state index contributed by atoms with van der Waals surface area (Å²) in [5, 5.41) is 6.31. The first-order valence-electron chi connectivity index (χ1n) is 6.08. The van der Waals surface area contributed by atoms with Crippen LogP contribution in [0.25, 0.3) is 0 Å². The van der Waals surface area contributed by atoms with E-state index in [4.69, 9.17) is 0 Å². The zero-order valence-corrected chi connectivity index (χ0v) is 9.04. The van der Waals surface area contributed by atoms with Gasteiger partial charge in [0, 0.05) is 38.3 Å². The Labute approximate surface area is 90.4 Å². The second kappa shape index (κ2) is 3.76. The van der Waals surface area contributed by atoms with Gasteiger partial charge in [0.05, 0.1) is 5.92 Å². The van der Waals surface area contributed by atoms with Gasteiger partial charge in [-0.2, -0.15) is 0 Å². The molecule has 1 unspecified atom stereocenters. The summed E-state index contributed by atoms with van der Waals surface area (Å²) in [6.45, 7) is 3.99. The molecule has 0 radical (unpaired) electrons. The van der Waals surface area contributed by atoms with E-state index in [0.717, 1.165) is 32.1 Å². The number of nitrogens with zero attached hydrogens (tertiary/aromatic N) is 1. The molecule has 4 nitrogen and oxygen atoms in total. The minimum atomic E-state index is 0.236. The first-order valence-corrected chi connectivity index (χ1v) is 6.08. The third kappa shape index (κ3) is 2.01. The molecule has 0 spiro atoms. The van der Waals surface area contributed by atoms with Gasteiger partial charge in [-0.15, -0.1) is 0 Å². The first-order chi connectivity index (χ1) is 7.33. The van der Waals surface area contributed by atoms with Crippen LogP contribution in [0.4, 0.5) is 0 Å². The van der Waals surface area contributed by atoms with E-state index in [1.165, 1.54) is 19.4 Å². The normalized spacial score (nSPS) is 32.7. The smallest absolute Gasteiger partial charge is 0.225 e. The van der Waals surface area contributed by atoms with E-state index in [0.29, 0.717) is 6.04 Å². The molecular formula is C11H19N3O. The molecule has 1 saturated carbocycles. The van der Waals surface area contributed by atoms with E-state index in [2.05, 4.69) is 15.5 Å². The topological polar surface area (TPSA) is 44.4 Å². The van der Waals surface area contributed by atoms with Crippen LogP contribution in [0, 0.1) is 5.92 Å². The fourth-order valence-electron chi connectivity index (χ4n) is 2.47. The molecule has 2 heterocycles. The Kier molecular flexibility index (Phi) is 2.41. The number of likely N-dealkylation sites (tertiary alicyclic amines) is 1. The van der Waals surface area contributed by atoms with Gasteiger partial charge in [-0.3, -0.25) is 9.69 Å². The highest BCUT2D eigenvalue weighted by Gasteiger charge is 2.35. The van der Waals surface area contributed by atoms with Crippen molar-refractivity contribution in [1.29, 1.82) is 0 Å². The van der Waals surface area contributed by atoms with E-state index in [1.54, 1.807) is 0 Å². The fraction of sp³-hybridized carbons (Fsp3) is 0.909. The molecule has 4 heteroatoms. The van der Waals surface area contributed by atoms with Crippen LogP contribution in [0.1, 0.15) is 19.3 Å². The molecule has 1 amide bonds. The van der Waals surface area contributed by atoms with Gasteiger partial charge in [0.25, 0.3) is 0 Å². The van der Waals surface area contributed by atoms with Crippen molar-refractivity contribution in [3.8, 4) is 0 Å². The van der Waals surface area contributed by atoms with Crippen molar-refractivity contribution in [2.45, 2.75) is 31.3 Å². The maximum Gasteiger partial charge on any atom is 0.225 e. The van der Waals surface area contributed by atoms with Crippen molar-refractivity contribution < 1.29 is 4.79 Å². The quantitative estimate of drug-likeness (QED) is 0.662. The van der Waals surface area contributed by atoms with Crippen LogP contribution in [0.3, 0.4) is 0 Å². The Balaban J connectivity index is 1.45. The van der Waals surface area contributed by atoms with Crippen molar-refractivity contribution in [3.05, 3.63) is 0 Å². The summed E-state index contributed by atoms with van der Waals surface area (Å²) in [6.07, 6.45) is 3.88. The van der Waals surface area contributed by atoms with E-state index >= 15 is 0 Å². The van der Waals surface area contributed by atoms with Crippen molar-refractivity contribution in [3.63, 3.8) is 0 Å². The highest BCUT2D eigenvalue weighted by atomic mass is 16.2. The average Bonchev–Trinajstić information content (AvgIpc) is 2.86. The summed E-state index contributed by atoms with van der Waals surface area (Å²) in [6, 6.07) is 1.26. The lowest BCUT2D eigenvalue weighted by atomic mass is 10.0. The van der Waals surface area contributed by atoms with E-state index < -0.39 is 0 Å². The van der Waals surface area contributed by atoms with Crippen LogP contribution in [0.15, 0.2) is 0 Å². The van der Waals surface area contributed by atoms with E-state index in [9.17, 15) is 4.79 Å². The molecule has 2 saturated heterocycles. The number of rotatable bonds is 3. The van der Waals surface area contributed by atoms with E-state index in [-0.39, 0.29) is 11.8 Å². The van der Waals surface area contributed by atoms with Crippen LogP contribution in [0.2, 0.25) is 0 Å². The predicted octanol–water partition coefficient (Wildman–Crippen LogP) is -0.441. The van der Waals surface area contributed by atoms with Crippen LogP contribution >= 0.6 is 0 Å². The molecule has 2 N–H and O–H groups in total. The molecule has 15 heavy (non-hydrogen) atoms. The molecule has 3 rings (SSSR count). The van der Waals surface area contributed by atoms with Gasteiger partial charge in [0.1, 0.15) is 0 Å². The van der Waals surface area contributed by atoms with Gasteiger partial charge in [0.15, 0.2) is 0 Å². The summed E-state index contributed by atoms with van der Waals surface area (Å²) >= 11 is 0. The third-order valence-corrected chi connectivity index (χ3v) is 3.78. The SMILES string of the molecule is O=C(NC1CCN(C2CC2)C1)C1CNC1. The summed E-state index contributed by atoms with van der Waals surface area (Å²) in [7, 11) is 0. The minimum Gasteiger partial charge on any atom is -0.352 e. The summed E-state index contributed by atoms with van der Waals surface area (Å²) < 4.78 is 0. The number of carbonyl (C=O) groups excluding carboxylic acids is 1. The van der Waals surface area contributed by atoms with Gasteiger partial charge in [0.2, 0.25) is 5.91 Å². The van der Waals surface area contributed by atoms with Gasteiger partial charge in [-0.1, -0.05) is 0 Å². The molecule has 2 aliphatic heterocycles. The summed E-state index contributed by atoms with van der Waals surface area (Å²) in [4.78, 5) is 14.2. The van der Waals surface area contributed by atoms with Crippen molar-refractivity contribution in [2.24, 2.45) is 5.92 Å². The van der Waals surface area contributed by atoms with Crippen LogP contribution < -0.4 is 10.6 Å². The molecule has 0 aromatic carbocycles. The van der Waals surface area contributed by atoms with Crippen molar-refractivity contribution in [2.75, 3.05) is 26.2 Å². The number of carbonyl (C=O) groups is 1. The predicted molar refractivity (Wildman–Crippen MR) is 57.5 cm³/mol. The lowest BCUT2D eigenvalue weighted by Gasteiger charge is -2.27. The molecule has 3 aliphatic rings. The number of hydrogen-bond donors (Lipinski definition) is 2. The highest BCUT2D eigenvalue weighted by molar-refractivity contribution is 5.80. The van der Waals surface area contributed by atoms with Crippen LogP contribution in [0.5, 0.6) is 0 Å². The Morgan fingerprint density at radius 2 is 2.07 bits per heavy atom. The maximum atomic E-state index is 11.7. The molecule has 1 aliphatic carbocycles. The Morgan fingerprint density at radius 3 is 2.67 bits per heavy atom. The molecule has 84 valence electrons. The van der Waals surface area contributed by atoms with Crippen molar-refractivity contribution >= 4 is 5.91 Å². The molecule has 0 aromatic rings. The fourth-order valence-corrected chi connectivity index (χ4v) is 2.47. The zero-order valence-electron chi connectivity index (χ0n) is 9.04. The molecule has 1 atom stereocenters. The lowest BCUT2D eigenvalue weighted by molar-refractivity contribution is -0.127. The first kappa shape index (κ1) is 9.60. The molecule has 0 bridgehead atoms. The monoisotopic (exact) mass is 209 g/mol. The average molecular weight is 209 g/mol. The van der Waals surface area contributed by atoms with Crippen molar-refractivity contribution in [1.82, 2.24) is 15.5 Å². The third-order valence-electron chi connectivity index (χ3n) is 3.78. The Hall–Kier alpha value is -0.610. The minimum absolute atomic E-state index is 0.236. The Morgan fingerprint density at radius 1 is 1.27 bits per heavy atom. The van der Waals surface area contributed by atoms with Crippen LogP contribution in [-0.2, 0) is 4.79 Å². The standard InChI is InChI=1S/C11H19N3O/c15-11(8-5-12-6-8)13-9-3-4-14(7-9)10-1-2-10/h8-10,12H,1-7H2,(H,13,15). The van der Waals surface area contributed by atoms with Gasteiger partial charge >= 0.3 is 0 Å². The van der Waals surface area contributed by atoms with Gasteiger partial charge < -0.3 is 10.6 Å². The van der Waals surface area contributed by atoms with Gasteiger partial charge in [-0.05, 0) is 19.3 Å². The lowest BCUT2D eigenvalue weighted by Crippen LogP contribution is -2.53. The van der Waals surface area contributed by atoms with Crippen LogP contribution in [-0.4, -0.2) is 49.1 Å². The van der Waals surface area contributed by atoms with E-state index in [1.807, 2.05) is 0 Å². The largest absolute Gasteiger partial charge is 0.352 e. The number of hydrogen-bond acceptors (Lipinski definition) is 3. The van der Waals surface area contributed by atoms with Gasteiger partial charge in [-0.25, -0.2) is 0 Å². The number of amides is 1. The second-order valence-electron chi connectivity index (χ2n) is 5.08. The zero-order chi connectivity index (χ0) is 10.3. The Bertz CT molecular complexity index is 261. The molecular weight excluding hydrogens is 190 g/mol. The second-order valence-corrected chi connectivity index (χ2v) is 5.08. The molecule has 3 fully saturated rings. The maximum absolute atomic E-state index is 11.7.